The zero-order valence-corrected chi connectivity index (χ0v) is 11.3. The number of halogens is 1. The molecule has 108 valence electrons. The minimum atomic E-state index is -0.357. The third-order valence-corrected chi connectivity index (χ3v) is 4.42. The number of aliphatic hydroxyl groups is 1. The normalized spacial score (nSPS) is 26.1. The van der Waals surface area contributed by atoms with Gasteiger partial charge in [0.2, 0.25) is 5.91 Å². The molecular formula is C15H19FN2O2. The van der Waals surface area contributed by atoms with Crippen LogP contribution in [-0.4, -0.2) is 30.1 Å². The fraction of sp³-hybridized carbons (Fsp3) is 0.533. The molecule has 0 radical (unpaired) electrons. The zero-order chi connectivity index (χ0) is 14.1. The molecule has 0 aromatic heterocycles. The standard InChI is InChI=1S/C15H19FN2O2/c16-12-2-1-3-14(11(12)9-19)18-7-6-13-10(8-18)4-5-15(20)17-13/h1-3,10,13,19H,4-9H2,(H,17,20). The molecular weight excluding hydrogens is 259 g/mol. The predicted molar refractivity (Wildman–Crippen MR) is 73.8 cm³/mol. The van der Waals surface area contributed by atoms with Crippen LogP contribution in [0.1, 0.15) is 24.8 Å². The van der Waals surface area contributed by atoms with E-state index in [1.54, 1.807) is 6.07 Å². The van der Waals surface area contributed by atoms with Gasteiger partial charge in [0.05, 0.1) is 6.61 Å². The summed E-state index contributed by atoms with van der Waals surface area (Å²) in [6.45, 7) is 1.29. The van der Waals surface area contributed by atoms with Crippen LogP contribution in [0, 0.1) is 11.7 Å². The smallest absolute Gasteiger partial charge is 0.220 e. The van der Waals surface area contributed by atoms with E-state index < -0.39 is 0 Å². The van der Waals surface area contributed by atoms with Crippen LogP contribution in [0.2, 0.25) is 0 Å². The zero-order valence-electron chi connectivity index (χ0n) is 11.3. The Bertz CT molecular complexity index is 521. The topological polar surface area (TPSA) is 52.6 Å². The van der Waals surface area contributed by atoms with E-state index in [4.69, 9.17) is 0 Å². The molecule has 0 spiro atoms. The van der Waals surface area contributed by atoms with Crippen LogP contribution in [-0.2, 0) is 11.4 Å². The van der Waals surface area contributed by atoms with E-state index in [1.165, 1.54) is 6.07 Å². The number of hydrogen-bond acceptors (Lipinski definition) is 3. The highest BCUT2D eigenvalue weighted by Gasteiger charge is 2.34. The summed E-state index contributed by atoms with van der Waals surface area (Å²) in [6.07, 6.45) is 2.33. The molecule has 2 aliphatic rings. The van der Waals surface area contributed by atoms with Crippen LogP contribution in [0.25, 0.3) is 0 Å². The van der Waals surface area contributed by atoms with E-state index in [1.807, 2.05) is 6.07 Å². The Labute approximate surface area is 117 Å². The number of rotatable bonds is 2. The average molecular weight is 278 g/mol. The third kappa shape index (κ3) is 2.38. The van der Waals surface area contributed by atoms with Crippen molar-refractivity contribution < 1.29 is 14.3 Å². The van der Waals surface area contributed by atoms with Gasteiger partial charge in [-0.2, -0.15) is 0 Å². The van der Waals surface area contributed by atoms with E-state index in [0.717, 1.165) is 31.6 Å². The van der Waals surface area contributed by atoms with E-state index in [-0.39, 0.29) is 24.4 Å². The van der Waals surface area contributed by atoms with Crippen LogP contribution in [0.4, 0.5) is 10.1 Å². The maximum absolute atomic E-state index is 13.7. The Morgan fingerprint density at radius 2 is 2.25 bits per heavy atom. The van der Waals surface area contributed by atoms with Crippen LogP contribution in [0.15, 0.2) is 18.2 Å². The molecule has 2 aliphatic heterocycles. The van der Waals surface area contributed by atoms with Crippen LogP contribution < -0.4 is 10.2 Å². The minimum absolute atomic E-state index is 0.140. The number of hydrogen-bond donors (Lipinski definition) is 2. The number of aliphatic hydroxyl groups excluding tert-OH is 1. The fourth-order valence-corrected chi connectivity index (χ4v) is 3.33. The summed E-state index contributed by atoms with van der Waals surface area (Å²) in [5.41, 5.74) is 1.15. The van der Waals surface area contributed by atoms with Gasteiger partial charge in [-0.15, -0.1) is 0 Å². The first-order valence-electron chi connectivity index (χ1n) is 7.11. The predicted octanol–water partition coefficient (Wildman–Crippen LogP) is 1.42. The van der Waals surface area contributed by atoms with Gasteiger partial charge in [0.1, 0.15) is 5.82 Å². The average Bonchev–Trinajstić information content (AvgIpc) is 2.46. The van der Waals surface area contributed by atoms with Crippen molar-refractivity contribution in [2.45, 2.75) is 31.9 Å². The molecule has 2 N–H and O–H groups in total. The Morgan fingerprint density at radius 1 is 1.40 bits per heavy atom. The molecule has 2 unspecified atom stereocenters. The summed E-state index contributed by atoms with van der Waals surface area (Å²) in [4.78, 5) is 13.5. The Kier molecular flexibility index (Phi) is 3.61. The number of nitrogens with zero attached hydrogens (tertiary/aromatic N) is 1. The summed E-state index contributed by atoms with van der Waals surface area (Å²) in [5.74, 6) is 0.196. The van der Waals surface area contributed by atoms with Crippen molar-refractivity contribution in [3.8, 4) is 0 Å². The Morgan fingerprint density at radius 3 is 3.05 bits per heavy atom. The van der Waals surface area contributed by atoms with Gasteiger partial charge in [0.25, 0.3) is 0 Å². The van der Waals surface area contributed by atoms with Gasteiger partial charge in [0.15, 0.2) is 0 Å². The largest absolute Gasteiger partial charge is 0.391 e. The lowest BCUT2D eigenvalue weighted by Crippen LogP contribution is -2.54. The lowest BCUT2D eigenvalue weighted by Gasteiger charge is -2.42. The molecule has 2 heterocycles. The number of carbonyl (C=O) groups is 1. The van der Waals surface area contributed by atoms with Gasteiger partial charge in [-0.25, -0.2) is 4.39 Å². The maximum atomic E-state index is 13.7. The molecule has 1 aromatic rings. The summed E-state index contributed by atoms with van der Waals surface area (Å²) in [6, 6.07) is 5.16. The lowest BCUT2D eigenvalue weighted by molar-refractivity contribution is -0.124. The second kappa shape index (κ2) is 5.40. The van der Waals surface area contributed by atoms with Crippen molar-refractivity contribution >= 4 is 11.6 Å². The lowest BCUT2D eigenvalue weighted by atomic mass is 9.85. The molecule has 4 nitrogen and oxygen atoms in total. The van der Waals surface area contributed by atoms with Crippen LogP contribution in [0.3, 0.4) is 0 Å². The monoisotopic (exact) mass is 278 g/mol. The minimum Gasteiger partial charge on any atom is -0.391 e. The van der Waals surface area contributed by atoms with E-state index >= 15 is 0 Å². The summed E-state index contributed by atoms with van der Waals surface area (Å²) in [7, 11) is 0. The summed E-state index contributed by atoms with van der Waals surface area (Å²) in [5, 5.41) is 12.4. The second-order valence-corrected chi connectivity index (χ2v) is 5.60. The van der Waals surface area contributed by atoms with Crippen molar-refractivity contribution in [1.82, 2.24) is 5.32 Å². The Hall–Kier alpha value is -1.62. The van der Waals surface area contributed by atoms with Gasteiger partial charge < -0.3 is 15.3 Å². The van der Waals surface area contributed by atoms with Gasteiger partial charge in [-0.1, -0.05) is 6.07 Å². The van der Waals surface area contributed by atoms with Gasteiger partial charge in [-0.05, 0) is 30.9 Å². The molecule has 1 amide bonds. The fourth-order valence-electron chi connectivity index (χ4n) is 3.33. The number of nitrogens with one attached hydrogen (secondary N) is 1. The van der Waals surface area contributed by atoms with Crippen LogP contribution in [0.5, 0.6) is 0 Å². The highest BCUT2D eigenvalue weighted by Crippen LogP contribution is 2.31. The van der Waals surface area contributed by atoms with Crippen LogP contribution >= 0.6 is 0 Å². The first-order chi connectivity index (χ1) is 9.69. The molecule has 0 bridgehead atoms. The highest BCUT2D eigenvalue weighted by atomic mass is 19.1. The highest BCUT2D eigenvalue weighted by molar-refractivity contribution is 5.77. The molecule has 2 fully saturated rings. The van der Waals surface area contributed by atoms with Crippen molar-refractivity contribution in [2.24, 2.45) is 5.92 Å². The molecule has 0 saturated carbocycles. The Balaban J connectivity index is 1.80. The number of fused-ring (bicyclic) bond motifs is 1. The van der Waals surface area contributed by atoms with Crippen molar-refractivity contribution in [3.63, 3.8) is 0 Å². The molecule has 0 aliphatic carbocycles. The number of anilines is 1. The molecule has 3 rings (SSSR count). The van der Waals surface area contributed by atoms with Gasteiger partial charge in [0, 0.05) is 36.8 Å². The second-order valence-electron chi connectivity index (χ2n) is 5.60. The van der Waals surface area contributed by atoms with Crippen molar-refractivity contribution in [3.05, 3.63) is 29.6 Å². The van der Waals surface area contributed by atoms with E-state index in [2.05, 4.69) is 10.2 Å². The molecule has 20 heavy (non-hydrogen) atoms. The first-order valence-corrected chi connectivity index (χ1v) is 7.11. The summed E-state index contributed by atoms with van der Waals surface area (Å²) >= 11 is 0. The van der Waals surface area contributed by atoms with Crippen molar-refractivity contribution in [2.75, 3.05) is 18.0 Å². The SMILES string of the molecule is O=C1CCC2CN(c3cccc(F)c3CO)CCC2N1. The van der Waals surface area contributed by atoms with Gasteiger partial charge in [-0.3, -0.25) is 4.79 Å². The number of carbonyl (C=O) groups excluding carboxylic acids is 1. The quantitative estimate of drug-likeness (QED) is 0.860. The van der Waals surface area contributed by atoms with E-state index in [9.17, 15) is 14.3 Å². The van der Waals surface area contributed by atoms with Crippen molar-refractivity contribution in [1.29, 1.82) is 0 Å². The first kappa shape index (κ1) is 13.4. The number of piperidine rings is 2. The van der Waals surface area contributed by atoms with E-state index in [0.29, 0.717) is 17.9 Å². The third-order valence-electron chi connectivity index (χ3n) is 4.42. The number of benzene rings is 1. The van der Waals surface area contributed by atoms with Gasteiger partial charge >= 0.3 is 0 Å². The molecule has 1 aromatic carbocycles. The maximum Gasteiger partial charge on any atom is 0.220 e. The molecule has 2 saturated heterocycles. The number of amides is 1. The molecule has 5 heteroatoms. The molecule has 2 atom stereocenters. The summed E-state index contributed by atoms with van der Waals surface area (Å²) < 4.78 is 13.7.